The number of benzene rings is 1. The molecule has 0 aliphatic carbocycles. The summed E-state index contributed by atoms with van der Waals surface area (Å²) in [6.45, 7) is 3.75. The largest absolute Gasteiger partial charge is 0.729 e. The summed E-state index contributed by atoms with van der Waals surface area (Å²) in [5.74, 6) is 0.711. The molecular weight excluding hydrogens is 323 g/mol. The van der Waals surface area contributed by atoms with Crippen LogP contribution >= 0.6 is 20.0 Å². The molecule has 1 rings (SSSR count). The van der Waals surface area contributed by atoms with E-state index in [0.29, 0.717) is 22.6 Å². The Morgan fingerprint density at radius 3 is 2.55 bits per heavy atom. The third-order valence-corrected chi connectivity index (χ3v) is 5.21. The second-order valence-electron chi connectivity index (χ2n) is 3.53. The summed E-state index contributed by atoms with van der Waals surface area (Å²) in [5.41, 5.74) is 0.611. The van der Waals surface area contributed by atoms with E-state index in [-0.39, 0.29) is 4.90 Å². The lowest BCUT2D eigenvalue weighted by Crippen LogP contribution is -2.09. The molecule has 0 amide bonds. The summed E-state index contributed by atoms with van der Waals surface area (Å²) in [7, 11) is -5.67. The standard InChI is InChI=1S/C11H16O6PS2/c1-4-9-7-6-8-10(19-5-2)11(9)20(13,14)17-16-18(12)15-3/h6-8H,4-5H2,1-3H3/q+1. The SMILES string of the molecule is CCSc1cccc(CC)c1S(=O)(=O)OO[P+](=O)OC. The Morgan fingerprint density at radius 2 is 2.00 bits per heavy atom. The molecule has 0 bridgehead atoms. The molecule has 9 heteroatoms. The van der Waals surface area contributed by atoms with Gasteiger partial charge in [0.2, 0.25) is 0 Å². The summed E-state index contributed by atoms with van der Waals surface area (Å²) in [6.07, 6.45) is 0.520. The molecule has 0 fully saturated rings. The maximum atomic E-state index is 12.2. The second kappa shape index (κ2) is 8.07. The molecule has 1 atom stereocenters. The van der Waals surface area contributed by atoms with Crippen molar-refractivity contribution in [2.75, 3.05) is 12.9 Å². The van der Waals surface area contributed by atoms with E-state index in [2.05, 4.69) is 13.5 Å². The van der Waals surface area contributed by atoms with Gasteiger partial charge in [0.25, 0.3) is 0 Å². The normalized spacial score (nSPS) is 12.4. The van der Waals surface area contributed by atoms with Crippen molar-refractivity contribution in [3.63, 3.8) is 0 Å². The van der Waals surface area contributed by atoms with Crippen LogP contribution in [0.25, 0.3) is 0 Å². The molecule has 1 aromatic rings. The van der Waals surface area contributed by atoms with Crippen LogP contribution in [0.5, 0.6) is 0 Å². The zero-order valence-electron chi connectivity index (χ0n) is 11.4. The maximum Gasteiger partial charge on any atom is 0.729 e. The van der Waals surface area contributed by atoms with Gasteiger partial charge < -0.3 is 0 Å². The maximum absolute atomic E-state index is 12.2. The van der Waals surface area contributed by atoms with Crippen molar-refractivity contribution in [1.82, 2.24) is 0 Å². The van der Waals surface area contributed by atoms with Gasteiger partial charge in [0, 0.05) is 9.46 Å². The predicted molar refractivity (Wildman–Crippen MR) is 76.2 cm³/mol. The fourth-order valence-electron chi connectivity index (χ4n) is 1.52. The van der Waals surface area contributed by atoms with Crippen LogP contribution in [0.2, 0.25) is 0 Å². The van der Waals surface area contributed by atoms with Gasteiger partial charge in [0.1, 0.15) is 4.90 Å². The molecule has 6 nitrogen and oxygen atoms in total. The Bertz CT molecular complexity index is 572. The van der Waals surface area contributed by atoms with E-state index in [0.717, 1.165) is 7.11 Å². The minimum absolute atomic E-state index is 0.0499. The highest BCUT2D eigenvalue weighted by Gasteiger charge is 2.30. The van der Waals surface area contributed by atoms with Crippen molar-refractivity contribution < 1.29 is 26.5 Å². The van der Waals surface area contributed by atoms with Crippen LogP contribution in [-0.2, 0) is 34.6 Å². The number of hydrogen-bond donors (Lipinski definition) is 0. The van der Waals surface area contributed by atoms with Gasteiger partial charge in [-0.1, -0.05) is 30.3 Å². The first kappa shape index (κ1) is 17.6. The summed E-state index contributed by atoms with van der Waals surface area (Å²) in [4.78, 5) is 0.622. The summed E-state index contributed by atoms with van der Waals surface area (Å²) in [6, 6.07) is 5.18. The van der Waals surface area contributed by atoms with Gasteiger partial charge in [-0.15, -0.1) is 16.3 Å². The van der Waals surface area contributed by atoms with Gasteiger partial charge in [0.15, 0.2) is 0 Å². The Morgan fingerprint density at radius 1 is 1.30 bits per heavy atom. The molecule has 0 N–H and O–H groups in total. The number of aryl methyl sites for hydroxylation is 1. The van der Waals surface area contributed by atoms with Gasteiger partial charge in [-0.2, -0.15) is 8.42 Å². The van der Waals surface area contributed by atoms with Crippen LogP contribution < -0.4 is 0 Å². The molecule has 1 unspecified atom stereocenters. The first-order valence-electron chi connectivity index (χ1n) is 5.83. The Balaban J connectivity index is 3.17. The summed E-state index contributed by atoms with van der Waals surface area (Å²) in [5, 5.41) is 0. The molecule has 112 valence electrons. The van der Waals surface area contributed by atoms with Crippen molar-refractivity contribution >= 4 is 30.1 Å². The zero-order chi connectivity index (χ0) is 15.2. The van der Waals surface area contributed by atoms with Crippen LogP contribution in [0, 0.1) is 0 Å². The fraction of sp³-hybridized carbons (Fsp3) is 0.455. The van der Waals surface area contributed by atoms with Gasteiger partial charge in [-0.25, -0.2) is 0 Å². The second-order valence-corrected chi connectivity index (χ2v) is 7.25. The summed E-state index contributed by atoms with van der Waals surface area (Å²) < 4.78 is 48.2. The third-order valence-electron chi connectivity index (χ3n) is 2.32. The van der Waals surface area contributed by atoms with E-state index in [4.69, 9.17) is 0 Å². The van der Waals surface area contributed by atoms with E-state index in [1.54, 1.807) is 18.2 Å². The molecule has 0 aliphatic rings. The van der Waals surface area contributed by atoms with Crippen LogP contribution in [0.15, 0.2) is 28.0 Å². The predicted octanol–water partition coefficient (Wildman–Crippen LogP) is 3.30. The lowest BCUT2D eigenvalue weighted by atomic mass is 10.2. The van der Waals surface area contributed by atoms with Gasteiger partial charge in [-0.05, 0) is 23.8 Å². The topological polar surface area (TPSA) is 78.9 Å². The van der Waals surface area contributed by atoms with Gasteiger partial charge >= 0.3 is 18.4 Å². The third kappa shape index (κ3) is 4.51. The number of thioether (sulfide) groups is 1. The van der Waals surface area contributed by atoms with Crippen molar-refractivity contribution in [2.45, 2.75) is 30.1 Å². The first-order chi connectivity index (χ1) is 9.46. The fourth-order valence-corrected chi connectivity index (χ4v) is 4.25. The molecule has 0 heterocycles. The van der Waals surface area contributed by atoms with E-state index in [1.807, 2.05) is 13.8 Å². The highest BCUT2D eigenvalue weighted by Crippen LogP contribution is 2.33. The van der Waals surface area contributed by atoms with Crippen molar-refractivity contribution in [3.05, 3.63) is 23.8 Å². The number of hydrogen-bond acceptors (Lipinski definition) is 7. The lowest BCUT2D eigenvalue weighted by molar-refractivity contribution is -0.0964. The molecule has 0 aliphatic heterocycles. The van der Waals surface area contributed by atoms with E-state index >= 15 is 0 Å². The lowest BCUT2D eigenvalue weighted by Gasteiger charge is -2.11. The minimum Gasteiger partial charge on any atom is -0.191 e. The molecule has 0 aromatic heterocycles. The minimum atomic E-state index is -4.17. The van der Waals surface area contributed by atoms with Crippen LogP contribution in [0.1, 0.15) is 19.4 Å². The van der Waals surface area contributed by atoms with Gasteiger partial charge in [0.05, 0.1) is 11.8 Å². The quantitative estimate of drug-likeness (QED) is 0.311. The molecule has 0 spiro atoms. The van der Waals surface area contributed by atoms with Gasteiger partial charge in [-0.3, -0.25) is 0 Å². The molecule has 1 aromatic carbocycles. The Kier molecular flexibility index (Phi) is 7.08. The molecule has 0 saturated heterocycles. The zero-order valence-corrected chi connectivity index (χ0v) is 13.9. The monoisotopic (exact) mass is 339 g/mol. The molecule has 0 saturated carbocycles. The first-order valence-corrected chi connectivity index (χ1v) is 9.32. The van der Waals surface area contributed by atoms with Crippen LogP contribution in [0.4, 0.5) is 0 Å². The van der Waals surface area contributed by atoms with Crippen molar-refractivity contribution in [1.29, 1.82) is 0 Å². The van der Waals surface area contributed by atoms with Crippen LogP contribution in [0.3, 0.4) is 0 Å². The number of rotatable bonds is 8. The van der Waals surface area contributed by atoms with Crippen LogP contribution in [-0.4, -0.2) is 21.3 Å². The van der Waals surface area contributed by atoms with E-state index in [1.165, 1.54) is 11.8 Å². The van der Waals surface area contributed by atoms with Crippen molar-refractivity contribution in [2.24, 2.45) is 0 Å². The Labute approximate surface area is 123 Å². The van der Waals surface area contributed by atoms with E-state index < -0.39 is 18.4 Å². The highest BCUT2D eigenvalue weighted by molar-refractivity contribution is 8.00. The average molecular weight is 339 g/mol. The molecule has 20 heavy (non-hydrogen) atoms. The van der Waals surface area contributed by atoms with E-state index in [9.17, 15) is 13.0 Å². The highest BCUT2D eigenvalue weighted by atomic mass is 32.2. The Hall–Kier alpha value is -0.500. The molecular formula is C11H16O6PS2+. The van der Waals surface area contributed by atoms with Crippen molar-refractivity contribution in [3.8, 4) is 0 Å². The average Bonchev–Trinajstić information content (AvgIpc) is 2.44. The molecule has 0 radical (unpaired) electrons. The smallest absolute Gasteiger partial charge is 0.191 e. The summed E-state index contributed by atoms with van der Waals surface area (Å²) >= 11 is 1.38.